The van der Waals surface area contributed by atoms with Crippen LogP contribution in [0.4, 0.5) is 20.4 Å². The van der Waals surface area contributed by atoms with Crippen LogP contribution in [-0.4, -0.2) is 90.3 Å². The molecular formula is C39H39F2N7O5. The van der Waals surface area contributed by atoms with Gasteiger partial charge in [-0.2, -0.15) is 9.97 Å². The van der Waals surface area contributed by atoms with Gasteiger partial charge in [-0.05, 0) is 62.4 Å². The van der Waals surface area contributed by atoms with Crippen molar-refractivity contribution in [2.45, 2.75) is 43.9 Å². The van der Waals surface area contributed by atoms with Crippen molar-refractivity contribution in [3.8, 4) is 41.2 Å². The molecule has 0 bridgehead atoms. The summed E-state index contributed by atoms with van der Waals surface area (Å²) in [7, 11) is 3.21. The standard InChI is InChI=1S/C39H39F2N7O5/c1-5-26-29(40)10-9-23-16-24(53-21-49-3)17-28(30(23)26)33-32(41)34-31-36(46-38(45-34)52-20-39-11-7-13-47(39)19-25(18-39)50-4)48(14-15-51-37(31)44-33)22(2)27-8-6-12-43-35(27)42/h1,6,8-10,12,16-17,22,25H,7,11,13-15,18-21H2,2-4H3,(H2,42,43)/t22?,25-,39+/m1/s1. The lowest BCUT2D eigenvalue weighted by atomic mass is 9.94. The summed E-state index contributed by atoms with van der Waals surface area (Å²) in [5.74, 6) is 2.17. The Hall–Kier alpha value is -5.36. The monoisotopic (exact) mass is 723 g/mol. The molecule has 53 heavy (non-hydrogen) atoms. The summed E-state index contributed by atoms with van der Waals surface area (Å²) in [6.45, 7) is 4.45. The Morgan fingerprint density at radius 1 is 1.11 bits per heavy atom. The zero-order valence-corrected chi connectivity index (χ0v) is 29.7. The first-order valence-electron chi connectivity index (χ1n) is 17.5. The molecule has 3 aliphatic heterocycles. The molecule has 2 saturated heterocycles. The third-order valence-electron chi connectivity index (χ3n) is 10.7. The molecule has 0 amide bonds. The minimum absolute atomic E-state index is 0.00718. The van der Waals surface area contributed by atoms with Gasteiger partial charge in [0.05, 0.1) is 29.8 Å². The van der Waals surface area contributed by atoms with Crippen molar-refractivity contribution < 1.29 is 32.5 Å². The molecule has 0 aliphatic carbocycles. The number of methoxy groups -OCH3 is 2. The van der Waals surface area contributed by atoms with E-state index >= 15 is 8.78 Å². The second kappa shape index (κ2) is 13.9. The normalized spacial score (nSPS) is 20.2. The summed E-state index contributed by atoms with van der Waals surface area (Å²) in [4.78, 5) is 23.0. The number of anilines is 2. The number of terminal acetylenes is 1. The Morgan fingerprint density at radius 2 is 1.98 bits per heavy atom. The number of benzene rings is 2. The average molecular weight is 724 g/mol. The molecule has 5 aromatic rings. The first-order valence-corrected chi connectivity index (χ1v) is 17.5. The van der Waals surface area contributed by atoms with Crippen LogP contribution < -0.4 is 24.8 Å². The van der Waals surface area contributed by atoms with Crippen LogP contribution in [0, 0.1) is 24.0 Å². The molecule has 274 valence electrons. The first-order chi connectivity index (χ1) is 25.7. The molecule has 2 N–H and O–H groups in total. The number of rotatable bonds is 10. The summed E-state index contributed by atoms with van der Waals surface area (Å²) >= 11 is 0. The van der Waals surface area contributed by atoms with E-state index in [2.05, 4.69) is 15.8 Å². The number of ether oxygens (including phenoxy) is 5. The molecule has 14 heteroatoms. The number of nitrogens with zero attached hydrogens (tertiary/aromatic N) is 6. The fraction of sp³-hybridized carbons (Fsp3) is 0.385. The highest BCUT2D eigenvalue weighted by Gasteiger charge is 2.49. The number of fused-ring (bicyclic) bond motifs is 2. The zero-order chi connectivity index (χ0) is 36.9. The lowest BCUT2D eigenvalue weighted by Crippen LogP contribution is -2.43. The van der Waals surface area contributed by atoms with E-state index in [1.807, 2.05) is 24.0 Å². The van der Waals surface area contributed by atoms with Gasteiger partial charge in [0, 0.05) is 43.5 Å². The summed E-state index contributed by atoms with van der Waals surface area (Å²) in [5, 5.41) is 1.06. The van der Waals surface area contributed by atoms with E-state index < -0.39 is 11.6 Å². The van der Waals surface area contributed by atoms with Gasteiger partial charge in [0.1, 0.15) is 53.0 Å². The lowest BCUT2D eigenvalue weighted by Gasteiger charge is -2.32. The summed E-state index contributed by atoms with van der Waals surface area (Å²) in [6.07, 6.45) is 10.3. The van der Waals surface area contributed by atoms with Crippen LogP contribution in [0.5, 0.6) is 17.6 Å². The average Bonchev–Trinajstić information content (AvgIpc) is 3.66. The van der Waals surface area contributed by atoms with Crippen LogP contribution >= 0.6 is 0 Å². The maximum atomic E-state index is 17.5. The molecule has 2 aromatic carbocycles. The quantitative estimate of drug-likeness (QED) is 0.141. The Kier molecular flexibility index (Phi) is 9.10. The van der Waals surface area contributed by atoms with Gasteiger partial charge < -0.3 is 34.3 Å². The van der Waals surface area contributed by atoms with Crippen molar-refractivity contribution in [1.82, 2.24) is 24.8 Å². The highest BCUT2D eigenvalue weighted by Crippen LogP contribution is 2.45. The number of nitrogens with two attached hydrogens (primary N) is 1. The van der Waals surface area contributed by atoms with Crippen molar-refractivity contribution in [3.63, 3.8) is 0 Å². The highest BCUT2D eigenvalue weighted by atomic mass is 19.1. The van der Waals surface area contributed by atoms with Crippen LogP contribution in [0.3, 0.4) is 0 Å². The van der Waals surface area contributed by atoms with Gasteiger partial charge in [-0.15, -0.1) is 6.42 Å². The molecule has 3 aliphatic rings. The second-order valence-corrected chi connectivity index (χ2v) is 13.6. The number of nitrogen functional groups attached to an aromatic ring is 1. The number of pyridine rings is 2. The van der Waals surface area contributed by atoms with E-state index in [1.165, 1.54) is 13.2 Å². The van der Waals surface area contributed by atoms with Crippen molar-refractivity contribution in [2.24, 2.45) is 0 Å². The van der Waals surface area contributed by atoms with Gasteiger partial charge in [-0.3, -0.25) is 4.90 Å². The maximum absolute atomic E-state index is 17.5. The van der Waals surface area contributed by atoms with E-state index in [0.717, 1.165) is 37.9 Å². The third-order valence-corrected chi connectivity index (χ3v) is 10.7. The van der Waals surface area contributed by atoms with Crippen LogP contribution in [0.1, 0.15) is 43.4 Å². The Balaban J connectivity index is 1.33. The van der Waals surface area contributed by atoms with Crippen molar-refractivity contribution in [3.05, 3.63) is 65.4 Å². The van der Waals surface area contributed by atoms with Gasteiger partial charge in [-0.1, -0.05) is 18.1 Å². The molecule has 0 saturated carbocycles. The van der Waals surface area contributed by atoms with Crippen LogP contribution in [0.15, 0.2) is 42.6 Å². The Labute approximate surface area is 305 Å². The zero-order valence-electron chi connectivity index (χ0n) is 29.7. The topological polar surface area (TPSA) is 130 Å². The molecule has 3 aromatic heterocycles. The van der Waals surface area contributed by atoms with Crippen LogP contribution in [-0.2, 0) is 9.47 Å². The van der Waals surface area contributed by atoms with E-state index in [4.69, 9.17) is 50.8 Å². The Morgan fingerprint density at radius 3 is 2.77 bits per heavy atom. The number of aromatic nitrogens is 4. The van der Waals surface area contributed by atoms with E-state index in [9.17, 15) is 0 Å². The van der Waals surface area contributed by atoms with Gasteiger partial charge in [0.15, 0.2) is 12.6 Å². The molecular weight excluding hydrogens is 684 g/mol. The van der Waals surface area contributed by atoms with Gasteiger partial charge >= 0.3 is 6.01 Å². The van der Waals surface area contributed by atoms with Gasteiger partial charge in [-0.25, -0.2) is 18.7 Å². The molecule has 1 unspecified atom stereocenters. The predicted octanol–water partition coefficient (Wildman–Crippen LogP) is 5.66. The molecule has 8 rings (SSSR count). The van der Waals surface area contributed by atoms with Crippen molar-refractivity contribution in [2.75, 3.05) is 64.5 Å². The predicted molar refractivity (Wildman–Crippen MR) is 195 cm³/mol. The fourth-order valence-electron chi connectivity index (χ4n) is 8.11. The first kappa shape index (κ1) is 34.7. The van der Waals surface area contributed by atoms with E-state index in [-0.39, 0.29) is 76.1 Å². The minimum Gasteiger partial charge on any atom is -0.475 e. The highest BCUT2D eigenvalue weighted by molar-refractivity contribution is 6.04. The van der Waals surface area contributed by atoms with E-state index in [1.54, 1.807) is 31.5 Å². The molecule has 3 atom stereocenters. The SMILES string of the molecule is C#Cc1c(F)ccc2cc(OCOC)cc(-c3nc4c5c(nc(OC[C@@]67CCCN6C[C@H](OC)C7)nc5c3F)N(C(C)c3cccnc3N)CCO4)c12. The largest absolute Gasteiger partial charge is 0.475 e. The second-order valence-electron chi connectivity index (χ2n) is 13.6. The maximum Gasteiger partial charge on any atom is 0.319 e. The summed E-state index contributed by atoms with van der Waals surface area (Å²) in [5.41, 5.74) is 6.75. The number of hydrogen-bond donors (Lipinski definition) is 1. The molecule has 2 fully saturated rings. The molecule has 6 heterocycles. The van der Waals surface area contributed by atoms with Crippen LogP contribution in [0.25, 0.3) is 32.9 Å². The molecule has 0 spiro atoms. The molecule has 0 radical (unpaired) electrons. The summed E-state index contributed by atoms with van der Waals surface area (Å²) < 4.78 is 62.0. The van der Waals surface area contributed by atoms with Gasteiger partial charge in [0.25, 0.3) is 0 Å². The van der Waals surface area contributed by atoms with Crippen LogP contribution in [0.2, 0.25) is 0 Å². The van der Waals surface area contributed by atoms with Crippen molar-refractivity contribution >= 4 is 33.3 Å². The van der Waals surface area contributed by atoms with Gasteiger partial charge in [0.2, 0.25) is 5.88 Å². The van der Waals surface area contributed by atoms with Crippen molar-refractivity contribution in [1.29, 1.82) is 0 Å². The number of halogens is 2. The Bertz CT molecular complexity index is 2270. The third kappa shape index (κ3) is 5.98. The number of hydrogen-bond acceptors (Lipinski definition) is 12. The molecule has 12 nitrogen and oxygen atoms in total. The smallest absolute Gasteiger partial charge is 0.319 e. The fourth-order valence-corrected chi connectivity index (χ4v) is 8.11. The minimum atomic E-state index is -0.797. The lowest BCUT2D eigenvalue weighted by molar-refractivity contribution is 0.0512. The van der Waals surface area contributed by atoms with E-state index in [0.29, 0.717) is 35.9 Å². The summed E-state index contributed by atoms with van der Waals surface area (Å²) in [6, 6.07) is 9.40.